The maximum atomic E-state index is 13.5. The van der Waals surface area contributed by atoms with Gasteiger partial charge in [0.15, 0.2) is 12.2 Å². The molecule has 1 rings (SSSR count). The molecule has 0 aromatic rings. The molecular formula is C25H36N2O15. The van der Waals surface area contributed by atoms with E-state index in [1.54, 1.807) is 0 Å². The lowest BCUT2D eigenvalue weighted by Gasteiger charge is -2.48. The van der Waals surface area contributed by atoms with Gasteiger partial charge in [-0.2, -0.15) is 0 Å². The summed E-state index contributed by atoms with van der Waals surface area (Å²) in [4.78, 5) is 97.6. The molecule has 0 aliphatic carbocycles. The Morgan fingerprint density at radius 1 is 0.833 bits per heavy atom. The molecule has 1 fully saturated rings. The highest BCUT2D eigenvalue weighted by atomic mass is 16.7. The molecule has 1 aliphatic rings. The van der Waals surface area contributed by atoms with E-state index in [1.165, 1.54) is 6.92 Å². The van der Waals surface area contributed by atoms with Crippen LogP contribution in [0.5, 0.6) is 0 Å². The molecule has 0 spiro atoms. The highest BCUT2D eigenvalue weighted by molar-refractivity contribution is 5.89. The summed E-state index contributed by atoms with van der Waals surface area (Å²) in [6.45, 7) is 6.26. The Labute approximate surface area is 241 Å². The molecule has 0 saturated carbocycles. The summed E-state index contributed by atoms with van der Waals surface area (Å²) < 4.78 is 37.0. The molecule has 2 N–H and O–H groups in total. The van der Waals surface area contributed by atoms with Gasteiger partial charge >= 0.3 is 35.8 Å². The number of carbonyl (C=O) groups is 8. The predicted molar refractivity (Wildman–Crippen MR) is 135 cm³/mol. The van der Waals surface area contributed by atoms with E-state index < -0.39 is 103 Å². The monoisotopic (exact) mass is 604 g/mol. The van der Waals surface area contributed by atoms with Crippen molar-refractivity contribution < 1.29 is 71.5 Å². The van der Waals surface area contributed by atoms with Gasteiger partial charge in [-0.1, -0.05) is 0 Å². The van der Waals surface area contributed by atoms with Gasteiger partial charge in [0.2, 0.25) is 5.91 Å². The first kappa shape index (κ1) is 35.7. The first-order valence-corrected chi connectivity index (χ1v) is 12.7. The number of carbonyl (C=O) groups excluding carboxylic acids is 8. The largest absolute Gasteiger partial charge is 0.465 e. The molecule has 1 aliphatic heterocycles. The van der Waals surface area contributed by atoms with E-state index in [1.807, 2.05) is 0 Å². The standard InChI is InChI=1S/C25H36N2O15/c1-8-36-20(34)10-26-24(35)25(41-17(7)33)9-18(38-14(4)30)21(27-12(2)28)23(42-25)22(40-16(6)32)19(39-15(5)31)11-37-13(3)29/h18-19,21-23H,8-11H2,1-7H3,(H,26,35)(H,27,28)/t18-,19+,21+,22+,23+,25-/m0/s1. The second-order valence-corrected chi connectivity index (χ2v) is 9.02. The van der Waals surface area contributed by atoms with Crippen LogP contribution in [0.2, 0.25) is 0 Å². The highest BCUT2D eigenvalue weighted by Crippen LogP contribution is 2.36. The van der Waals surface area contributed by atoms with Crippen molar-refractivity contribution in [3.8, 4) is 0 Å². The van der Waals surface area contributed by atoms with E-state index >= 15 is 0 Å². The Morgan fingerprint density at radius 2 is 1.45 bits per heavy atom. The van der Waals surface area contributed by atoms with Crippen LogP contribution in [0.1, 0.15) is 54.9 Å². The Bertz CT molecular complexity index is 1060. The molecule has 17 nitrogen and oxygen atoms in total. The summed E-state index contributed by atoms with van der Waals surface area (Å²) in [5, 5.41) is 4.69. The third-order valence-corrected chi connectivity index (χ3v) is 5.35. The molecule has 17 heteroatoms. The minimum Gasteiger partial charge on any atom is -0.465 e. The quantitative estimate of drug-likeness (QED) is 0.182. The third kappa shape index (κ3) is 11.3. The van der Waals surface area contributed by atoms with Crippen molar-refractivity contribution in [3.05, 3.63) is 0 Å². The maximum Gasteiger partial charge on any atom is 0.325 e. The first-order chi connectivity index (χ1) is 19.5. The second-order valence-electron chi connectivity index (χ2n) is 9.02. The molecule has 0 bridgehead atoms. The van der Waals surface area contributed by atoms with Gasteiger partial charge < -0.3 is 43.8 Å². The molecule has 0 unspecified atom stereocenters. The summed E-state index contributed by atoms with van der Waals surface area (Å²) in [6.07, 6.45) is -7.36. The van der Waals surface area contributed by atoms with Crippen LogP contribution >= 0.6 is 0 Å². The van der Waals surface area contributed by atoms with Crippen LogP contribution in [0, 0.1) is 0 Å². The average Bonchev–Trinajstić information content (AvgIpc) is 2.84. The van der Waals surface area contributed by atoms with Crippen molar-refractivity contribution >= 4 is 47.6 Å². The van der Waals surface area contributed by atoms with Crippen LogP contribution in [0.15, 0.2) is 0 Å². The minimum absolute atomic E-state index is 0.000769. The fourth-order valence-electron chi connectivity index (χ4n) is 4.10. The van der Waals surface area contributed by atoms with Crippen molar-refractivity contribution in [2.75, 3.05) is 19.8 Å². The van der Waals surface area contributed by atoms with Crippen molar-refractivity contribution in [2.45, 2.75) is 91.1 Å². The number of hydrogen-bond donors (Lipinski definition) is 2. The van der Waals surface area contributed by atoms with Gasteiger partial charge in [0.1, 0.15) is 25.4 Å². The van der Waals surface area contributed by atoms with Gasteiger partial charge in [-0.05, 0) is 6.92 Å². The SMILES string of the molecule is CCOC(=O)CNC(=O)[C@]1(OC(C)=O)C[C@H](OC(C)=O)[C@@H](NC(C)=O)[C@H]([C@H](OC(C)=O)[C@@H](COC(C)=O)OC(C)=O)O1. The summed E-state index contributed by atoms with van der Waals surface area (Å²) in [7, 11) is 0. The molecule has 0 aromatic heterocycles. The zero-order valence-electron chi connectivity index (χ0n) is 24.3. The van der Waals surface area contributed by atoms with Crippen molar-refractivity contribution in [1.82, 2.24) is 10.6 Å². The summed E-state index contributed by atoms with van der Waals surface area (Å²) in [5.41, 5.74) is 0. The second kappa shape index (κ2) is 16.2. The normalized spacial score (nSPS) is 22.7. The Morgan fingerprint density at radius 3 is 1.93 bits per heavy atom. The van der Waals surface area contributed by atoms with Gasteiger partial charge in [-0.3, -0.25) is 38.4 Å². The van der Waals surface area contributed by atoms with Gasteiger partial charge in [0.05, 0.1) is 19.1 Å². The Balaban J connectivity index is 3.85. The smallest absolute Gasteiger partial charge is 0.325 e. The van der Waals surface area contributed by atoms with E-state index in [2.05, 4.69) is 10.6 Å². The lowest BCUT2D eigenvalue weighted by molar-refractivity contribution is -0.296. The number of amides is 2. The molecular weight excluding hydrogens is 568 g/mol. The van der Waals surface area contributed by atoms with Crippen molar-refractivity contribution in [3.63, 3.8) is 0 Å². The fraction of sp³-hybridized carbons (Fsp3) is 0.680. The first-order valence-electron chi connectivity index (χ1n) is 12.7. The van der Waals surface area contributed by atoms with Crippen molar-refractivity contribution in [1.29, 1.82) is 0 Å². The van der Waals surface area contributed by atoms with Crippen LogP contribution in [-0.4, -0.2) is 104 Å². The molecule has 42 heavy (non-hydrogen) atoms. The molecule has 1 saturated heterocycles. The molecule has 1 heterocycles. The fourth-order valence-corrected chi connectivity index (χ4v) is 4.10. The third-order valence-electron chi connectivity index (χ3n) is 5.35. The van der Waals surface area contributed by atoms with Crippen LogP contribution in [0.25, 0.3) is 0 Å². The maximum absolute atomic E-state index is 13.5. The topological polar surface area (TPSA) is 225 Å². The van der Waals surface area contributed by atoms with Gasteiger partial charge in [0, 0.05) is 41.5 Å². The lowest BCUT2D eigenvalue weighted by Crippen LogP contribution is -2.70. The predicted octanol–water partition coefficient (Wildman–Crippen LogP) is -1.42. The van der Waals surface area contributed by atoms with Gasteiger partial charge in [-0.25, -0.2) is 0 Å². The molecule has 0 aromatic carbocycles. The molecule has 236 valence electrons. The summed E-state index contributed by atoms with van der Waals surface area (Å²) in [6, 6.07) is -1.42. The zero-order chi connectivity index (χ0) is 32.2. The van der Waals surface area contributed by atoms with Gasteiger partial charge in [0.25, 0.3) is 11.7 Å². The molecule has 2 amide bonds. The number of hydrogen-bond acceptors (Lipinski definition) is 15. The van der Waals surface area contributed by atoms with Crippen LogP contribution in [0.4, 0.5) is 0 Å². The summed E-state index contributed by atoms with van der Waals surface area (Å²) in [5.74, 6) is -10.0. The van der Waals surface area contributed by atoms with Crippen LogP contribution in [0.3, 0.4) is 0 Å². The van der Waals surface area contributed by atoms with Gasteiger partial charge in [-0.15, -0.1) is 0 Å². The number of esters is 6. The average molecular weight is 605 g/mol. The highest BCUT2D eigenvalue weighted by Gasteiger charge is 2.59. The van der Waals surface area contributed by atoms with Crippen LogP contribution < -0.4 is 10.6 Å². The number of ether oxygens (including phenoxy) is 7. The molecule has 6 atom stereocenters. The minimum atomic E-state index is -2.65. The van der Waals surface area contributed by atoms with E-state index in [4.69, 9.17) is 33.2 Å². The van der Waals surface area contributed by atoms with E-state index in [0.29, 0.717) is 0 Å². The van der Waals surface area contributed by atoms with E-state index in [-0.39, 0.29) is 6.61 Å². The summed E-state index contributed by atoms with van der Waals surface area (Å²) >= 11 is 0. The Hall–Kier alpha value is -4.28. The number of nitrogens with one attached hydrogen (secondary N) is 2. The van der Waals surface area contributed by atoms with Crippen LogP contribution in [-0.2, 0) is 71.5 Å². The lowest BCUT2D eigenvalue weighted by atomic mass is 9.87. The van der Waals surface area contributed by atoms with E-state index in [0.717, 1.165) is 41.5 Å². The van der Waals surface area contributed by atoms with Crippen molar-refractivity contribution in [2.24, 2.45) is 0 Å². The number of rotatable bonds is 13. The van der Waals surface area contributed by atoms with E-state index in [9.17, 15) is 38.4 Å². The molecule has 0 radical (unpaired) electrons. The Kier molecular flexibility index (Phi) is 13.8. The zero-order valence-corrected chi connectivity index (χ0v) is 24.3.